The molecule has 0 bridgehead atoms. The number of aromatic nitrogens is 4. The fourth-order valence-corrected chi connectivity index (χ4v) is 4.99. The fraction of sp³-hybridized carbons (Fsp3) is 0.227. The predicted octanol–water partition coefficient (Wildman–Crippen LogP) is 3.15. The first-order valence-electron chi connectivity index (χ1n) is 10.1. The van der Waals surface area contributed by atoms with Crippen molar-refractivity contribution in [1.82, 2.24) is 19.7 Å². The highest BCUT2D eigenvalue weighted by Gasteiger charge is 2.16. The van der Waals surface area contributed by atoms with Gasteiger partial charge < -0.3 is 16.0 Å². The number of H-pyrrole nitrogens is 1. The number of nitrogens with two attached hydrogens (primary N) is 1. The fourth-order valence-electron chi connectivity index (χ4n) is 3.19. The van der Waals surface area contributed by atoms with Crippen molar-refractivity contribution in [3.05, 3.63) is 68.8 Å². The first-order valence-corrected chi connectivity index (χ1v) is 12.0. The van der Waals surface area contributed by atoms with Crippen LogP contribution in [0.25, 0.3) is 15.9 Å². The van der Waals surface area contributed by atoms with Crippen LogP contribution in [0.3, 0.4) is 0 Å². The van der Waals surface area contributed by atoms with Crippen LogP contribution in [0.4, 0.5) is 5.69 Å². The number of fused-ring (bicyclic) bond motifs is 1. The monoisotopic (exact) mass is 482 g/mol. The molecule has 0 spiro atoms. The minimum absolute atomic E-state index is 0.144. The molecule has 11 heteroatoms. The Balaban J connectivity index is 1.37. The minimum atomic E-state index is -0.594. The molecule has 1 unspecified atom stereocenters. The van der Waals surface area contributed by atoms with E-state index in [-0.39, 0.29) is 22.4 Å². The third kappa shape index (κ3) is 4.83. The van der Waals surface area contributed by atoms with E-state index in [9.17, 15) is 14.4 Å². The van der Waals surface area contributed by atoms with Gasteiger partial charge in [-0.25, -0.2) is 9.67 Å². The molecule has 0 aliphatic rings. The molecular weight excluding hydrogens is 460 g/mol. The summed E-state index contributed by atoms with van der Waals surface area (Å²) in [5, 5.41) is 7.26. The Labute approximate surface area is 197 Å². The van der Waals surface area contributed by atoms with E-state index in [0.29, 0.717) is 22.7 Å². The summed E-state index contributed by atoms with van der Waals surface area (Å²) in [5.41, 5.74) is 7.59. The molecule has 0 aliphatic heterocycles. The van der Waals surface area contributed by atoms with Gasteiger partial charge in [-0.05, 0) is 56.7 Å². The lowest BCUT2D eigenvalue weighted by Gasteiger charge is -2.12. The van der Waals surface area contributed by atoms with Crippen LogP contribution < -0.4 is 16.6 Å². The van der Waals surface area contributed by atoms with Crippen LogP contribution in [0.1, 0.15) is 33.7 Å². The molecule has 0 saturated heterocycles. The average Bonchev–Trinajstić information content (AvgIpc) is 3.38. The molecule has 0 fully saturated rings. The number of nitrogens with zero attached hydrogens (tertiary/aromatic N) is 3. The summed E-state index contributed by atoms with van der Waals surface area (Å²) in [5.74, 6) is 0.214. The lowest BCUT2D eigenvalue weighted by atomic mass is 10.2. The maximum Gasteiger partial charge on any atom is 0.269 e. The second-order valence-corrected chi connectivity index (χ2v) is 10.0. The number of aryl methyl sites for hydroxylation is 2. The van der Waals surface area contributed by atoms with E-state index < -0.39 is 5.91 Å². The van der Waals surface area contributed by atoms with E-state index in [0.717, 1.165) is 21.0 Å². The van der Waals surface area contributed by atoms with Crippen LogP contribution in [0.5, 0.6) is 0 Å². The number of nitrogens with one attached hydrogen (secondary N) is 2. The van der Waals surface area contributed by atoms with Crippen molar-refractivity contribution < 1.29 is 9.59 Å². The van der Waals surface area contributed by atoms with Gasteiger partial charge in [-0.1, -0.05) is 0 Å². The van der Waals surface area contributed by atoms with Crippen LogP contribution >= 0.6 is 23.1 Å². The van der Waals surface area contributed by atoms with Gasteiger partial charge in [-0.3, -0.25) is 14.4 Å². The van der Waals surface area contributed by atoms with E-state index in [1.54, 1.807) is 37.4 Å². The summed E-state index contributed by atoms with van der Waals surface area (Å²) >= 11 is 2.90. The van der Waals surface area contributed by atoms with Crippen molar-refractivity contribution in [3.63, 3.8) is 0 Å². The SMILES string of the molecule is Cc1sc2nc(CSC(C)C(=O)Nc3ccc(-n4ccc(C(N)=O)n4)cc3)[nH]c(=O)c2c1C. The van der Waals surface area contributed by atoms with Crippen molar-refractivity contribution in [2.24, 2.45) is 5.73 Å². The summed E-state index contributed by atoms with van der Waals surface area (Å²) in [6, 6.07) is 8.60. The Bertz CT molecular complexity index is 1400. The normalized spacial score (nSPS) is 12.1. The van der Waals surface area contributed by atoms with Crippen molar-refractivity contribution in [2.75, 3.05) is 5.32 Å². The third-order valence-corrected chi connectivity index (χ3v) is 7.42. The smallest absolute Gasteiger partial charge is 0.269 e. The van der Waals surface area contributed by atoms with Crippen molar-refractivity contribution in [2.45, 2.75) is 31.8 Å². The zero-order valence-corrected chi connectivity index (χ0v) is 19.8. The predicted molar refractivity (Wildman–Crippen MR) is 131 cm³/mol. The maximum absolute atomic E-state index is 12.6. The molecule has 33 heavy (non-hydrogen) atoms. The van der Waals surface area contributed by atoms with E-state index in [4.69, 9.17) is 5.73 Å². The number of thioether (sulfide) groups is 1. The Morgan fingerprint density at radius 1 is 1.24 bits per heavy atom. The van der Waals surface area contributed by atoms with Gasteiger partial charge in [0.1, 0.15) is 16.3 Å². The van der Waals surface area contributed by atoms with E-state index in [1.165, 1.54) is 33.8 Å². The molecule has 4 rings (SSSR count). The maximum atomic E-state index is 12.6. The molecule has 0 radical (unpaired) electrons. The van der Waals surface area contributed by atoms with Crippen molar-refractivity contribution in [3.8, 4) is 5.69 Å². The number of rotatable bonds is 7. The number of anilines is 1. The highest BCUT2D eigenvalue weighted by molar-refractivity contribution is 7.99. The zero-order valence-electron chi connectivity index (χ0n) is 18.2. The Hall–Kier alpha value is -3.44. The van der Waals surface area contributed by atoms with Crippen LogP contribution in [0.15, 0.2) is 41.3 Å². The summed E-state index contributed by atoms with van der Waals surface area (Å²) < 4.78 is 1.53. The molecule has 170 valence electrons. The highest BCUT2D eigenvalue weighted by atomic mass is 32.2. The molecule has 4 aromatic rings. The molecule has 0 aliphatic carbocycles. The van der Waals surface area contributed by atoms with Crippen LogP contribution in [-0.2, 0) is 10.5 Å². The number of primary amides is 1. The van der Waals surface area contributed by atoms with Gasteiger partial charge in [-0.15, -0.1) is 23.1 Å². The van der Waals surface area contributed by atoms with Gasteiger partial charge in [-0.2, -0.15) is 5.10 Å². The summed E-state index contributed by atoms with van der Waals surface area (Å²) in [4.78, 5) is 45.4. The van der Waals surface area contributed by atoms with Crippen LogP contribution in [0, 0.1) is 13.8 Å². The van der Waals surface area contributed by atoms with E-state index in [1.807, 2.05) is 13.8 Å². The number of aromatic amines is 1. The van der Waals surface area contributed by atoms with Gasteiger partial charge in [0.15, 0.2) is 0 Å². The second-order valence-electron chi connectivity index (χ2n) is 7.48. The lowest BCUT2D eigenvalue weighted by Crippen LogP contribution is -2.23. The third-order valence-electron chi connectivity index (χ3n) is 5.17. The molecule has 1 atom stereocenters. The van der Waals surface area contributed by atoms with E-state index in [2.05, 4.69) is 20.4 Å². The molecule has 4 N–H and O–H groups in total. The van der Waals surface area contributed by atoms with Crippen molar-refractivity contribution in [1.29, 1.82) is 0 Å². The van der Waals surface area contributed by atoms with Crippen LogP contribution in [0.2, 0.25) is 0 Å². The first-order chi connectivity index (χ1) is 15.7. The number of carbonyl (C=O) groups excluding carboxylic acids is 2. The Morgan fingerprint density at radius 3 is 2.64 bits per heavy atom. The number of hydrogen-bond acceptors (Lipinski definition) is 7. The molecule has 3 aromatic heterocycles. The molecule has 0 saturated carbocycles. The van der Waals surface area contributed by atoms with Crippen LogP contribution in [-0.4, -0.2) is 36.8 Å². The molecule has 2 amide bonds. The Morgan fingerprint density at radius 2 is 1.97 bits per heavy atom. The quantitative estimate of drug-likeness (QED) is 0.370. The second kappa shape index (κ2) is 9.20. The van der Waals surface area contributed by atoms with Gasteiger partial charge in [0, 0.05) is 16.8 Å². The molecule has 1 aromatic carbocycles. The van der Waals surface area contributed by atoms with Gasteiger partial charge in [0.2, 0.25) is 5.91 Å². The number of benzene rings is 1. The minimum Gasteiger partial charge on any atom is -0.364 e. The largest absolute Gasteiger partial charge is 0.364 e. The first kappa shape index (κ1) is 22.7. The van der Waals surface area contributed by atoms with Gasteiger partial charge in [0.05, 0.1) is 22.1 Å². The number of amides is 2. The number of thiophene rings is 1. The standard InChI is InChI=1S/C22H22N6O3S2/c1-11-12(2)33-22-18(11)21(31)25-17(26-22)10-32-13(3)20(30)24-14-4-6-15(7-5-14)28-9-8-16(27-28)19(23)29/h4-9,13H,10H2,1-3H3,(H2,23,29)(H,24,30)(H,25,26,31). The van der Waals surface area contributed by atoms with Crippen molar-refractivity contribution >= 4 is 50.8 Å². The summed E-state index contributed by atoms with van der Waals surface area (Å²) in [6.07, 6.45) is 1.64. The van der Waals surface area contributed by atoms with E-state index >= 15 is 0 Å². The topological polar surface area (TPSA) is 136 Å². The molecular formula is C22H22N6O3S2. The molecule has 3 heterocycles. The Kier molecular flexibility index (Phi) is 6.34. The number of hydrogen-bond donors (Lipinski definition) is 3. The summed E-state index contributed by atoms with van der Waals surface area (Å²) in [7, 11) is 0. The zero-order chi connectivity index (χ0) is 23.7. The summed E-state index contributed by atoms with van der Waals surface area (Å²) in [6.45, 7) is 5.70. The van der Waals surface area contributed by atoms with Gasteiger partial charge >= 0.3 is 0 Å². The molecule has 9 nitrogen and oxygen atoms in total. The average molecular weight is 483 g/mol. The van der Waals surface area contributed by atoms with Gasteiger partial charge in [0.25, 0.3) is 11.5 Å². The number of carbonyl (C=O) groups is 2. The lowest BCUT2D eigenvalue weighted by molar-refractivity contribution is -0.115. The highest BCUT2D eigenvalue weighted by Crippen LogP contribution is 2.26.